The van der Waals surface area contributed by atoms with Crippen LogP contribution >= 0.6 is 0 Å². The molecule has 2 aliphatic rings. The van der Waals surface area contributed by atoms with Crippen molar-refractivity contribution in [2.24, 2.45) is 5.92 Å². The minimum atomic E-state index is -0.358. The van der Waals surface area contributed by atoms with E-state index in [0.29, 0.717) is 0 Å². The van der Waals surface area contributed by atoms with Gasteiger partial charge in [-0.05, 0) is 25.2 Å². The normalized spacial score (nSPS) is 49.7. The maximum atomic E-state index is 11.1. The molecule has 2 aliphatic heterocycles. The predicted molar refractivity (Wildman–Crippen MR) is 33.4 cm³/mol. The molecule has 1 radical (unpaired) electrons. The molecule has 2 fully saturated rings. The first-order chi connectivity index (χ1) is 4.36. The van der Waals surface area contributed by atoms with E-state index in [2.05, 4.69) is 4.90 Å². The summed E-state index contributed by atoms with van der Waals surface area (Å²) in [5.74, 6) is 0.871. The lowest BCUT2D eigenvalue weighted by Gasteiger charge is -2.25. The molecule has 51 valence electrons. The highest BCUT2D eigenvalue weighted by atomic mass is 16.3. The third-order valence-corrected chi connectivity index (χ3v) is 2.55. The van der Waals surface area contributed by atoms with Gasteiger partial charge in [0, 0.05) is 13.1 Å². The lowest BCUT2D eigenvalue weighted by atomic mass is 10.0. The summed E-state index contributed by atoms with van der Waals surface area (Å²) >= 11 is 0. The molecule has 0 spiro atoms. The Balaban J connectivity index is 2.05. The summed E-state index contributed by atoms with van der Waals surface area (Å²) in [7, 11) is 0. The van der Waals surface area contributed by atoms with Crippen molar-refractivity contribution in [3.05, 3.63) is 0 Å². The van der Waals surface area contributed by atoms with Crippen molar-refractivity contribution < 1.29 is 5.11 Å². The fourth-order valence-corrected chi connectivity index (χ4v) is 1.92. The summed E-state index contributed by atoms with van der Waals surface area (Å²) in [5.41, 5.74) is 0. The van der Waals surface area contributed by atoms with Gasteiger partial charge in [-0.2, -0.15) is 0 Å². The molecule has 0 saturated carbocycles. The molecule has 2 heteroatoms. The van der Waals surface area contributed by atoms with Crippen LogP contribution in [0.2, 0.25) is 0 Å². The Bertz CT molecular complexity index is 115. The first kappa shape index (κ1) is 5.69. The van der Waals surface area contributed by atoms with Crippen molar-refractivity contribution in [1.82, 2.24) is 4.90 Å². The molecule has 3 unspecified atom stereocenters. The minimum absolute atomic E-state index is 0.358. The highest BCUT2D eigenvalue weighted by molar-refractivity contribution is 4.82. The molecular formula is C7H12NO. The van der Waals surface area contributed by atoms with Crippen LogP contribution < -0.4 is 0 Å². The number of nitrogens with zero attached hydrogens (tertiary/aromatic N) is 1. The highest BCUT2D eigenvalue weighted by Crippen LogP contribution is 2.29. The van der Waals surface area contributed by atoms with Crippen LogP contribution in [0.15, 0.2) is 0 Å². The average Bonchev–Trinajstić information content (AvgIpc) is 2.25. The molecular weight excluding hydrogens is 114 g/mol. The maximum Gasteiger partial charge on any atom is 0.146 e. The molecule has 0 amide bonds. The van der Waals surface area contributed by atoms with Gasteiger partial charge in [0.25, 0.3) is 0 Å². The van der Waals surface area contributed by atoms with Crippen molar-refractivity contribution >= 4 is 0 Å². The van der Waals surface area contributed by atoms with Crippen LogP contribution in [0.3, 0.4) is 0 Å². The van der Waals surface area contributed by atoms with Crippen LogP contribution in [0.5, 0.6) is 0 Å². The van der Waals surface area contributed by atoms with Gasteiger partial charge >= 0.3 is 0 Å². The maximum absolute atomic E-state index is 11.1. The molecule has 0 N–H and O–H groups in total. The lowest BCUT2D eigenvalue weighted by Crippen LogP contribution is -2.35. The topological polar surface area (TPSA) is 23.1 Å². The van der Waals surface area contributed by atoms with Crippen molar-refractivity contribution in [3.63, 3.8) is 0 Å². The molecule has 2 nitrogen and oxygen atoms in total. The summed E-state index contributed by atoms with van der Waals surface area (Å²) in [6.07, 6.45) is 3.00. The summed E-state index contributed by atoms with van der Waals surface area (Å²) in [6, 6.07) is 0. The van der Waals surface area contributed by atoms with Gasteiger partial charge in [0.1, 0.15) is 6.23 Å². The Hall–Kier alpha value is -0.0800. The third kappa shape index (κ3) is 0.864. The van der Waals surface area contributed by atoms with Gasteiger partial charge in [0.2, 0.25) is 0 Å². The summed E-state index contributed by atoms with van der Waals surface area (Å²) in [6.45, 7) is 2.16. The Morgan fingerprint density at radius 3 is 2.89 bits per heavy atom. The number of hydrogen-bond acceptors (Lipinski definition) is 1. The first-order valence-electron chi connectivity index (χ1n) is 3.76. The molecule has 2 rings (SSSR count). The van der Waals surface area contributed by atoms with Gasteiger partial charge in [-0.1, -0.05) is 0 Å². The Labute approximate surface area is 55.5 Å². The van der Waals surface area contributed by atoms with Crippen LogP contribution in [-0.2, 0) is 5.11 Å². The number of rotatable bonds is 0. The van der Waals surface area contributed by atoms with E-state index in [1.165, 1.54) is 12.8 Å². The van der Waals surface area contributed by atoms with Crippen molar-refractivity contribution in [1.29, 1.82) is 0 Å². The predicted octanol–water partition coefficient (Wildman–Crippen LogP) is 0.859. The number of fused-ring (bicyclic) bond motifs is 2. The second kappa shape index (κ2) is 1.96. The average molecular weight is 126 g/mol. The summed E-state index contributed by atoms with van der Waals surface area (Å²) in [4.78, 5) is 2.08. The number of hydrogen-bond donors (Lipinski definition) is 0. The van der Waals surface area contributed by atoms with E-state index in [-0.39, 0.29) is 6.23 Å². The first-order valence-corrected chi connectivity index (χ1v) is 3.76. The van der Waals surface area contributed by atoms with E-state index in [1.54, 1.807) is 0 Å². The van der Waals surface area contributed by atoms with Crippen LogP contribution in [0, 0.1) is 5.92 Å². The van der Waals surface area contributed by atoms with Crippen LogP contribution in [0.4, 0.5) is 0 Å². The van der Waals surface area contributed by atoms with E-state index in [1.807, 2.05) is 0 Å². The van der Waals surface area contributed by atoms with Crippen molar-refractivity contribution in [2.75, 3.05) is 13.1 Å². The van der Waals surface area contributed by atoms with Gasteiger partial charge in [-0.15, -0.1) is 0 Å². The highest BCUT2D eigenvalue weighted by Gasteiger charge is 2.32. The molecule has 2 saturated heterocycles. The van der Waals surface area contributed by atoms with E-state index >= 15 is 0 Å². The van der Waals surface area contributed by atoms with Crippen molar-refractivity contribution in [3.8, 4) is 0 Å². The van der Waals surface area contributed by atoms with E-state index in [9.17, 15) is 5.11 Å². The Morgan fingerprint density at radius 1 is 1.22 bits per heavy atom. The Kier molecular flexibility index (Phi) is 1.24. The number of piperidine rings is 1. The van der Waals surface area contributed by atoms with Crippen molar-refractivity contribution in [2.45, 2.75) is 25.5 Å². The molecule has 0 aromatic heterocycles. The second-order valence-corrected chi connectivity index (χ2v) is 3.18. The zero-order valence-corrected chi connectivity index (χ0v) is 5.55. The fraction of sp³-hybridized carbons (Fsp3) is 1.00. The standard InChI is InChI=1S/C7H12NO/c9-7-2-1-6-3-4-8(7)5-6/h6-7H,1-5H2. The monoisotopic (exact) mass is 126 g/mol. The molecule has 2 bridgehead atoms. The SMILES string of the molecule is [O]C1CCC2CCN1C2. The third-order valence-electron chi connectivity index (χ3n) is 2.55. The minimum Gasteiger partial charge on any atom is -0.275 e. The lowest BCUT2D eigenvalue weighted by molar-refractivity contribution is -0.0583. The summed E-state index contributed by atoms with van der Waals surface area (Å²) in [5, 5.41) is 11.1. The molecule has 0 aromatic carbocycles. The van der Waals surface area contributed by atoms with Crippen LogP contribution in [-0.4, -0.2) is 24.2 Å². The molecule has 0 aromatic rings. The van der Waals surface area contributed by atoms with E-state index < -0.39 is 0 Å². The van der Waals surface area contributed by atoms with E-state index in [4.69, 9.17) is 0 Å². The zero-order valence-electron chi connectivity index (χ0n) is 5.55. The van der Waals surface area contributed by atoms with Gasteiger partial charge in [-0.25, -0.2) is 5.11 Å². The van der Waals surface area contributed by atoms with Gasteiger partial charge in [0.15, 0.2) is 0 Å². The molecule has 2 heterocycles. The van der Waals surface area contributed by atoms with Crippen LogP contribution in [0.25, 0.3) is 0 Å². The molecule has 3 atom stereocenters. The fourth-order valence-electron chi connectivity index (χ4n) is 1.92. The largest absolute Gasteiger partial charge is 0.275 e. The van der Waals surface area contributed by atoms with Crippen LogP contribution in [0.1, 0.15) is 19.3 Å². The zero-order chi connectivity index (χ0) is 6.27. The molecule has 9 heavy (non-hydrogen) atoms. The summed E-state index contributed by atoms with van der Waals surface area (Å²) < 4.78 is 0. The van der Waals surface area contributed by atoms with Gasteiger partial charge in [-0.3, -0.25) is 4.90 Å². The molecule has 0 aliphatic carbocycles. The van der Waals surface area contributed by atoms with Gasteiger partial charge < -0.3 is 0 Å². The smallest absolute Gasteiger partial charge is 0.146 e. The second-order valence-electron chi connectivity index (χ2n) is 3.18. The quantitative estimate of drug-likeness (QED) is 0.472. The Morgan fingerprint density at radius 2 is 2.11 bits per heavy atom. The van der Waals surface area contributed by atoms with E-state index in [0.717, 1.165) is 25.4 Å². The van der Waals surface area contributed by atoms with Gasteiger partial charge in [0.05, 0.1) is 0 Å².